The van der Waals surface area contributed by atoms with Gasteiger partial charge in [0, 0.05) is 5.56 Å². The Morgan fingerprint density at radius 3 is 2.37 bits per heavy atom. The van der Waals surface area contributed by atoms with Crippen LogP contribution in [0.4, 0.5) is 9.52 Å². The Morgan fingerprint density at radius 1 is 1.05 bits per heavy atom. The number of carbonyl (C=O) groups is 2. The maximum atomic E-state index is 13.6. The third kappa shape index (κ3) is 4.56. The standard InChI is InChI=1S/C30H27FN2O4S/c1-5-37-21-14-15-22-23(16-21)38-29(32-22)33-25(17-6-10-19(11-7-17)30(2,3)4)24(27(35)28(33)36)26(34)18-8-12-20(31)13-9-18/h6-16,25,34H,5H2,1-4H3/t25-/m0/s1. The third-order valence-electron chi connectivity index (χ3n) is 6.52. The number of ketones is 1. The first-order chi connectivity index (χ1) is 18.1. The van der Waals surface area contributed by atoms with Gasteiger partial charge in [-0.25, -0.2) is 9.37 Å². The molecule has 0 bridgehead atoms. The molecule has 0 saturated carbocycles. The second-order valence-electron chi connectivity index (χ2n) is 10.1. The molecule has 0 radical (unpaired) electrons. The minimum Gasteiger partial charge on any atom is -0.507 e. The number of aliphatic hydroxyl groups is 1. The summed E-state index contributed by atoms with van der Waals surface area (Å²) in [6, 6.07) is 17.3. The molecule has 1 N–H and O–H groups in total. The highest BCUT2D eigenvalue weighted by atomic mass is 32.1. The number of anilines is 1. The number of benzene rings is 3. The maximum absolute atomic E-state index is 13.6. The lowest BCUT2D eigenvalue weighted by Crippen LogP contribution is -2.29. The number of Topliss-reactive ketones (excluding diaryl/α,β-unsaturated/α-hetero) is 1. The van der Waals surface area contributed by atoms with Gasteiger partial charge in [-0.15, -0.1) is 0 Å². The number of aliphatic hydroxyl groups excluding tert-OH is 1. The van der Waals surface area contributed by atoms with Gasteiger partial charge < -0.3 is 9.84 Å². The van der Waals surface area contributed by atoms with Crippen molar-refractivity contribution in [3.63, 3.8) is 0 Å². The van der Waals surface area contributed by atoms with Gasteiger partial charge in [0.2, 0.25) is 0 Å². The van der Waals surface area contributed by atoms with Crippen LogP contribution in [0.2, 0.25) is 0 Å². The molecule has 1 aliphatic heterocycles. The van der Waals surface area contributed by atoms with Gasteiger partial charge in [-0.2, -0.15) is 0 Å². The largest absolute Gasteiger partial charge is 0.507 e. The monoisotopic (exact) mass is 530 g/mol. The lowest BCUT2D eigenvalue weighted by molar-refractivity contribution is -0.132. The summed E-state index contributed by atoms with van der Waals surface area (Å²) in [5.74, 6) is -1.77. The van der Waals surface area contributed by atoms with Crippen LogP contribution in [0.1, 0.15) is 50.4 Å². The Labute approximate surface area is 224 Å². The van der Waals surface area contributed by atoms with Crippen molar-refractivity contribution in [1.29, 1.82) is 0 Å². The van der Waals surface area contributed by atoms with Crippen molar-refractivity contribution in [1.82, 2.24) is 4.98 Å². The Hall–Kier alpha value is -4.04. The zero-order valence-corrected chi connectivity index (χ0v) is 22.3. The van der Waals surface area contributed by atoms with E-state index in [4.69, 9.17) is 4.74 Å². The first kappa shape index (κ1) is 25.6. The molecule has 4 aromatic rings. The van der Waals surface area contributed by atoms with Gasteiger partial charge in [0.05, 0.1) is 28.4 Å². The molecule has 1 saturated heterocycles. The predicted molar refractivity (Wildman–Crippen MR) is 147 cm³/mol. The molecule has 8 heteroatoms. The SMILES string of the molecule is CCOc1ccc2nc(N3C(=O)C(=O)C(=C(O)c4ccc(F)cc4)[C@@H]3c3ccc(C(C)(C)C)cc3)sc2c1. The van der Waals surface area contributed by atoms with Crippen LogP contribution >= 0.6 is 11.3 Å². The van der Waals surface area contributed by atoms with Crippen LogP contribution in [0.3, 0.4) is 0 Å². The molecule has 1 atom stereocenters. The third-order valence-corrected chi connectivity index (χ3v) is 7.54. The number of aromatic nitrogens is 1. The molecule has 2 heterocycles. The Balaban J connectivity index is 1.69. The van der Waals surface area contributed by atoms with Crippen molar-refractivity contribution in [2.45, 2.75) is 39.2 Å². The fraction of sp³-hybridized carbons (Fsp3) is 0.233. The van der Waals surface area contributed by atoms with E-state index in [2.05, 4.69) is 25.8 Å². The van der Waals surface area contributed by atoms with Crippen molar-refractivity contribution in [3.05, 3.63) is 94.8 Å². The Kier molecular flexibility index (Phi) is 6.53. The fourth-order valence-corrected chi connectivity index (χ4v) is 5.55. The Morgan fingerprint density at radius 2 is 1.74 bits per heavy atom. The van der Waals surface area contributed by atoms with Gasteiger partial charge in [0.15, 0.2) is 5.13 Å². The van der Waals surface area contributed by atoms with Gasteiger partial charge >= 0.3 is 5.91 Å². The minimum absolute atomic E-state index is 0.0700. The van der Waals surface area contributed by atoms with Gasteiger partial charge in [-0.1, -0.05) is 56.4 Å². The number of nitrogens with zero attached hydrogens (tertiary/aromatic N) is 2. The molecular weight excluding hydrogens is 503 g/mol. The zero-order valence-electron chi connectivity index (χ0n) is 21.5. The van der Waals surface area contributed by atoms with Crippen molar-refractivity contribution < 1.29 is 23.8 Å². The molecule has 6 nitrogen and oxygen atoms in total. The number of rotatable bonds is 5. The Bertz CT molecular complexity index is 1570. The van der Waals surface area contributed by atoms with Crippen LogP contribution in [0, 0.1) is 5.82 Å². The zero-order chi connectivity index (χ0) is 27.2. The van der Waals surface area contributed by atoms with Crippen molar-refractivity contribution in [2.24, 2.45) is 0 Å². The number of thiazole rings is 1. The summed E-state index contributed by atoms with van der Waals surface area (Å²) in [6.45, 7) is 8.70. The number of hydrogen-bond donors (Lipinski definition) is 1. The molecule has 1 aliphatic rings. The lowest BCUT2D eigenvalue weighted by Gasteiger charge is -2.24. The van der Waals surface area contributed by atoms with E-state index in [9.17, 15) is 19.1 Å². The molecule has 3 aromatic carbocycles. The van der Waals surface area contributed by atoms with Gasteiger partial charge in [-0.3, -0.25) is 14.5 Å². The van der Waals surface area contributed by atoms with Gasteiger partial charge in [0.1, 0.15) is 17.3 Å². The van der Waals surface area contributed by atoms with Crippen molar-refractivity contribution in [2.75, 3.05) is 11.5 Å². The number of hydrogen-bond acceptors (Lipinski definition) is 6. The topological polar surface area (TPSA) is 79.7 Å². The highest BCUT2D eigenvalue weighted by Crippen LogP contribution is 2.45. The molecule has 38 heavy (non-hydrogen) atoms. The average molecular weight is 531 g/mol. The summed E-state index contributed by atoms with van der Waals surface area (Å²) >= 11 is 1.27. The van der Waals surface area contributed by atoms with Crippen molar-refractivity contribution in [3.8, 4) is 5.75 Å². The summed E-state index contributed by atoms with van der Waals surface area (Å²) in [5.41, 5.74) is 2.47. The normalized spacial score (nSPS) is 17.4. The van der Waals surface area contributed by atoms with E-state index < -0.39 is 23.5 Å². The average Bonchev–Trinajstić information content (AvgIpc) is 3.41. The first-order valence-electron chi connectivity index (χ1n) is 12.3. The molecule has 1 aromatic heterocycles. The van der Waals surface area contributed by atoms with E-state index >= 15 is 0 Å². The first-order valence-corrected chi connectivity index (χ1v) is 13.1. The van der Waals surface area contributed by atoms with Crippen molar-refractivity contribution >= 4 is 44.1 Å². The fourth-order valence-electron chi connectivity index (χ4n) is 4.53. The maximum Gasteiger partial charge on any atom is 0.301 e. The summed E-state index contributed by atoms with van der Waals surface area (Å²) in [5, 5.41) is 11.6. The minimum atomic E-state index is -0.916. The molecule has 194 valence electrons. The van der Waals surface area contributed by atoms with E-state index in [1.165, 1.54) is 40.5 Å². The molecular formula is C30H27FN2O4S. The summed E-state index contributed by atoms with van der Waals surface area (Å²) in [4.78, 5) is 32.9. The van der Waals surface area contributed by atoms with Gasteiger partial charge in [0.25, 0.3) is 5.78 Å². The molecule has 0 aliphatic carbocycles. The van der Waals surface area contributed by atoms with Crippen LogP contribution in [0.15, 0.2) is 72.3 Å². The highest BCUT2D eigenvalue weighted by Gasteiger charge is 2.48. The molecule has 1 fully saturated rings. The number of ether oxygens (including phenoxy) is 1. The van der Waals surface area contributed by atoms with Crippen LogP contribution in [0.25, 0.3) is 16.0 Å². The van der Waals surface area contributed by atoms with Crippen LogP contribution in [-0.4, -0.2) is 28.4 Å². The van der Waals surface area contributed by atoms with E-state index in [0.717, 1.165) is 10.3 Å². The molecule has 1 amide bonds. The summed E-state index contributed by atoms with van der Waals surface area (Å²) < 4.78 is 20.0. The molecule has 5 rings (SSSR count). The highest BCUT2D eigenvalue weighted by molar-refractivity contribution is 7.22. The van der Waals surface area contributed by atoms with Gasteiger partial charge in [-0.05, 0) is 65.9 Å². The predicted octanol–water partition coefficient (Wildman–Crippen LogP) is 6.76. The van der Waals surface area contributed by atoms with E-state index in [0.29, 0.717) is 28.6 Å². The van der Waals surface area contributed by atoms with Crippen LogP contribution < -0.4 is 9.64 Å². The smallest absolute Gasteiger partial charge is 0.301 e. The number of carbonyl (C=O) groups excluding carboxylic acids is 2. The van der Waals surface area contributed by atoms with E-state index in [-0.39, 0.29) is 22.3 Å². The van der Waals surface area contributed by atoms with Crippen LogP contribution in [0.5, 0.6) is 5.75 Å². The second-order valence-corrected chi connectivity index (χ2v) is 11.1. The number of halogens is 1. The van der Waals surface area contributed by atoms with Crippen LogP contribution in [-0.2, 0) is 15.0 Å². The lowest BCUT2D eigenvalue weighted by atomic mass is 9.85. The quantitative estimate of drug-likeness (QED) is 0.175. The van der Waals surface area contributed by atoms with E-state index in [1.54, 1.807) is 6.07 Å². The van der Waals surface area contributed by atoms with E-state index in [1.807, 2.05) is 43.3 Å². The second kappa shape index (κ2) is 9.68. The summed E-state index contributed by atoms with van der Waals surface area (Å²) in [7, 11) is 0. The number of fused-ring (bicyclic) bond motifs is 1. The molecule has 0 unspecified atom stereocenters. The summed E-state index contributed by atoms with van der Waals surface area (Å²) in [6.07, 6.45) is 0. The number of amides is 1. The molecule has 0 spiro atoms.